The molecule has 36 heavy (non-hydrogen) atoms. The molecule has 11 nitrogen and oxygen atoms in total. The van der Waals surface area contributed by atoms with Crippen LogP contribution in [-0.4, -0.2) is 68.4 Å². The third-order valence-corrected chi connectivity index (χ3v) is 7.16. The first-order valence-electron chi connectivity index (χ1n) is 11.1. The lowest BCUT2D eigenvalue weighted by molar-refractivity contribution is -0.248. The highest BCUT2D eigenvalue weighted by atomic mass is 32.2. The molecule has 3 heterocycles. The number of benzene rings is 2. The van der Waals surface area contributed by atoms with Crippen molar-refractivity contribution < 1.29 is 23.8 Å². The molecule has 0 bridgehead atoms. The zero-order valence-electron chi connectivity index (χ0n) is 19.6. The van der Waals surface area contributed by atoms with Crippen LogP contribution in [0, 0.1) is 0 Å². The SMILES string of the molecule is CO[C@]1(N)C(=O)N2C(C(=O)OC(c3ccccc3)c3ccccc3)=C(CSc3nnnn3C)CO[C@H]21. The minimum atomic E-state index is -1.67. The van der Waals surface area contributed by atoms with Gasteiger partial charge < -0.3 is 14.2 Å². The molecule has 5 rings (SSSR count). The van der Waals surface area contributed by atoms with E-state index in [1.54, 1.807) is 7.05 Å². The van der Waals surface area contributed by atoms with E-state index in [0.717, 1.165) is 11.1 Å². The lowest BCUT2D eigenvalue weighted by Crippen LogP contribution is -2.80. The number of nitrogens with zero attached hydrogens (tertiary/aromatic N) is 5. The number of nitrogens with two attached hydrogens (primary N) is 1. The Morgan fingerprint density at radius 3 is 2.39 bits per heavy atom. The van der Waals surface area contributed by atoms with E-state index in [1.807, 2.05) is 60.7 Å². The molecule has 2 aliphatic rings. The van der Waals surface area contributed by atoms with Crippen molar-refractivity contribution in [2.75, 3.05) is 19.5 Å². The summed E-state index contributed by atoms with van der Waals surface area (Å²) in [4.78, 5) is 28.0. The maximum absolute atomic E-state index is 13.8. The van der Waals surface area contributed by atoms with Gasteiger partial charge in [0, 0.05) is 19.9 Å². The highest BCUT2D eigenvalue weighted by molar-refractivity contribution is 7.99. The number of carbonyl (C=O) groups excluding carboxylic acids is 2. The van der Waals surface area contributed by atoms with E-state index in [2.05, 4.69) is 15.5 Å². The van der Waals surface area contributed by atoms with Gasteiger partial charge in [-0.25, -0.2) is 9.48 Å². The Morgan fingerprint density at radius 2 is 1.83 bits per heavy atom. The number of aryl methyl sites for hydroxylation is 1. The Kier molecular flexibility index (Phi) is 6.58. The fourth-order valence-electron chi connectivity index (χ4n) is 4.14. The van der Waals surface area contributed by atoms with E-state index < -0.39 is 29.9 Å². The number of aromatic nitrogens is 4. The summed E-state index contributed by atoms with van der Waals surface area (Å²) in [5.74, 6) is -0.958. The molecule has 2 aromatic carbocycles. The lowest BCUT2D eigenvalue weighted by Gasteiger charge is -2.54. The molecular weight excluding hydrogens is 484 g/mol. The lowest BCUT2D eigenvalue weighted by atomic mass is 9.95. The van der Waals surface area contributed by atoms with Crippen molar-refractivity contribution in [3.63, 3.8) is 0 Å². The van der Waals surface area contributed by atoms with Gasteiger partial charge in [-0.15, -0.1) is 5.10 Å². The summed E-state index contributed by atoms with van der Waals surface area (Å²) in [6.07, 6.45) is -1.64. The van der Waals surface area contributed by atoms with Crippen molar-refractivity contribution in [2.45, 2.75) is 23.2 Å². The molecule has 1 fully saturated rings. The summed E-state index contributed by atoms with van der Waals surface area (Å²) in [5.41, 5.74) is 6.67. The van der Waals surface area contributed by atoms with Crippen LogP contribution in [0.3, 0.4) is 0 Å². The van der Waals surface area contributed by atoms with Crippen LogP contribution < -0.4 is 5.73 Å². The van der Waals surface area contributed by atoms with Crippen molar-refractivity contribution in [3.8, 4) is 0 Å². The second-order valence-electron chi connectivity index (χ2n) is 8.27. The average Bonchev–Trinajstić information content (AvgIpc) is 3.34. The molecule has 12 heteroatoms. The quantitative estimate of drug-likeness (QED) is 0.206. The number of methoxy groups -OCH3 is 1. The minimum absolute atomic E-state index is 0.0564. The number of fused-ring (bicyclic) bond motifs is 1. The van der Waals surface area contributed by atoms with E-state index >= 15 is 0 Å². The number of carbonyl (C=O) groups is 2. The van der Waals surface area contributed by atoms with Gasteiger partial charge in [0.25, 0.3) is 5.91 Å². The number of amides is 1. The third kappa shape index (κ3) is 4.17. The number of rotatable bonds is 8. The Balaban J connectivity index is 1.50. The van der Waals surface area contributed by atoms with Gasteiger partial charge in [0.1, 0.15) is 5.70 Å². The normalized spacial score (nSPS) is 21.4. The fourth-order valence-corrected chi connectivity index (χ4v) is 4.99. The molecule has 0 unspecified atom stereocenters. The summed E-state index contributed by atoms with van der Waals surface area (Å²) < 4.78 is 18.7. The number of hydrogen-bond acceptors (Lipinski definition) is 10. The first-order chi connectivity index (χ1) is 17.4. The van der Waals surface area contributed by atoms with Crippen molar-refractivity contribution >= 4 is 23.6 Å². The molecular formula is C24H24N6O5S. The molecule has 1 aromatic heterocycles. The summed E-state index contributed by atoms with van der Waals surface area (Å²) >= 11 is 1.31. The molecule has 2 atom stereocenters. The maximum atomic E-state index is 13.8. The van der Waals surface area contributed by atoms with Crippen LogP contribution in [0.15, 0.2) is 77.1 Å². The zero-order chi connectivity index (χ0) is 25.3. The minimum Gasteiger partial charge on any atom is -0.448 e. The Bertz CT molecular complexity index is 1260. The first-order valence-corrected chi connectivity index (χ1v) is 12.1. The standard InChI is InChI=1S/C24H24N6O5S/c1-29-23(26-27-28-29)36-14-17-13-34-22-24(25,33-2)21(32)30(22)18(17)20(31)35-19(15-9-5-3-6-10-15)16-11-7-4-8-12-16/h3-12,19,22H,13-14,25H2,1-2H3/t22-,24+/m0/s1. The Labute approximate surface area is 211 Å². The van der Waals surface area contributed by atoms with E-state index in [-0.39, 0.29) is 12.3 Å². The third-order valence-electron chi connectivity index (χ3n) is 6.06. The van der Waals surface area contributed by atoms with E-state index in [4.69, 9.17) is 19.9 Å². The number of β-lactam (4-membered cyclic amide) rings is 1. The largest absolute Gasteiger partial charge is 0.448 e. The number of hydrogen-bond donors (Lipinski definition) is 1. The molecule has 2 aliphatic heterocycles. The van der Waals surface area contributed by atoms with E-state index in [1.165, 1.54) is 28.5 Å². The number of ether oxygens (including phenoxy) is 3. The predicted octanol–water partition coefficient (Wildman–Crippen LogP) is 1.39. The van der Waals surface area contributed by atoms with Crippen LogP contribution in [0.2, 0.25) is 0 Å². The number of esters is 1. The average molecular weight is 509 g/mol. The summed E-state index contributed by atoms with van der Waals surface area (Å²) in [5, 5.41) is 12.0. The molecule has 0 aliphatic carbocycles. The molecule has 1 saturated heterocycles. The number of tetrazole rings is 1. The first kappa shape index (κ1) is 24.1. The Morgan fingerprint density at radius 1 is 1.19 bits per heavy atom. The van der Waals surface area contributed by atoms with Gasteiger partial charge in [-0.3, -0.25) is 15.4 Å². The van der Waals surface area contributed by atoms with Crippen LogP contribution in [-0.2, 0) is 30.8 Å². The molecule has 186 valence electrons. The number of thioether (sulfide) groups is 1. The van der Waals surface area contributed by atoms with Crippen molar-refractivity contribution in [3.05, 3.63) is 83.1 Å². The van der Waals surface area contributed by atoms with Gasteiger partial charge in [0.05, 0.1) is 6.61 Å². The smallest absolute Gasteiger partial charge is 0.356 e. The summed E-state index contributed by atoms with van der Waals surface area (Å²) in [6.45, 7) is 0.0564. The van der Waals surface area contributed by atoms with E-state index in [9.17, 15) is 9.59 Å². The second-order valence-corrected chi connectivity index (χ2v) is 9.21. The summed E-state index contributed by atoms with van der Waals surface area (Å²) in [6, 6.07) is 18.8. The van der Waals surface area contributed by atoms with Crippen LogP contribution in [0.5, 0.6) is 0 Å². The molecule has 0 radical (unpaired) electrons. The fraction of sp³-hybridized carbons (Fsp3) is 0.292. The highest BCUT2D eigenvalue weighted by Crippen LogP contribution is 2.41. The second kappa shape index (κ2) is 9.82. The molecule has 3 aromatic rings. The van der Waals surface area contributed by atoms with Crippen LogP contribution in [0.25, 0.3) is 0 Å². The van der Waals surface area contributed by atoms with Crippen LogP contribution in [0.1, 0.15) is 17.2 Å². The van der Waals surface area contributed by atoms with Crippen LogP contribution in [0.4, 0.5) is 0 Å². The Hall–Kier alpha value is -3.58. The van der Waals surface area contributed by atoms with Crippen LogP contribution >= 0.6 is 11.8 Å². The van der Waals surface area contributed by atoms with Crippen molar-refractivity contribution in [1.82, 2.24) is 25.1 Å². The molecule has 2 N–H and O–H groups in total. The van der Waals surface area contributed by atoms with Gasteiger partial charge >= 0.3 is 5.97 Å². The van der Waals surface area contributed by atoms with Crippen molar-refractivity contribution in [1.29, 1.82) is 0 Å². The van der Waals surface area contributed by atoms with E-state index in [0.29, 0.717) is 16.5 Å². The van der Waals surface area contributed by atoms with Crippen molar-refractivity contribution in [2.24, 2.45) is 12.8 Å². The predicted molar refractivity (Wildman–Crippen MR) is 128 cm³/mol. The zero-order valence-corrected chi connectivity index (χ0v) is 20.4. The van der Waals surface area contributed by atoms with Gasteiger partial charge in [0.2, 0.25) is 10.9 Å². The van der Waals surface area contributed by atoms with Gasteiger partial charge in [-0.1, -0.05) is 72.4 Å². The van der Waals surface area contributed by atoms with Gasteiger partial charge in [-0.2, -0.15) is 0 Å². The highest BCUT2D eigenvalue weighted by Gasteiger charge is 2.64. The topological polar surface area (TPSA) is 135 Å². The molecule has 0 spiro atoms. The summed E-state index contributed by atoms with van der Waals surface area (Å²) in [7, 11) is 3.04. The monoisotopic (exact) mass is 508 g/mol. The molecule has 0 saturated carbocycles. The van der Waals surface area contributed by atoms with Gasteiger partial charge in [0.15, 0.2) is 12.3 Å². The van der Waals surface area contributed by atoms with Gasteiger partial charge in [-0.05, 0) is 27.1 Å². The maximum Gasteiger partial charge on any atom is 0.356 e. The molecule has 1 amide bonds.